The third-order valence-corrected chi connectivity index (χ3v) is 6.71. The number of aromatic nitrogens is 2. The molecule has 2 aromatic heterocycles. The van der Waals surface area contributed by atoms with E-state index in [2.05, 4.69) is 15.3 Å². The van der Waals surface area contributed by atoms with E-state index in [-0.39, 0.29) is 24.8 Å². The molecule has 2 amide bonds. The van der Waals surface area contributed by atoms with Gasteiger partial charge in [-0.1, -0.05) is 17.7 Å². The van der Waals surface area contributed by atoms with Crippen LogP contribution < -0.4 is 10.2 Å². The number of thiophene rings is 1. The van der Waals surface area contributed by atoms with E-state index in [0.717, 1.165) is 38.5 Å². The predicted molar refractivity (Wildman–Crippen MR) is 131 cm³/mol. The Morgan fingerprint density at radius 3 is 2.88 bits per heavy atom. The van der Waals surface area contributed by atoms with E-state index in [1.54, 1.807) is 4.90 Å². The molecule has 1 aliphatic heterocycles. The largest absolute Gasteiger partial charge is 0.370 e. The van der Waals surface area contributed by atoms with Gasteiger partial charge in [-0.2, -0.15) is 0 Å². The Balaban J connectivity index is 1.27. The van der Waals surface area contributed by atoms with Gasteiger partial charge in [-0.15, -0.1) is 11.3 Å². The third kappa shape index (κ3) is 4.64. The van der Waals surface area contributed by atoms with Gasteiger partial charge in [0.2, 0.25) is 5.91 Å². The van der Waals surface area contributed by atoms with Crippen molar-refractivity contribution in [1.82, 2.24) is 9.97 Å². The van der Waals surface area contributed by atoms with Crippen LogP contribution in [0.15, 0.2) is 48.5 Å². The number of benzene rings is 2. The average molecular weight is 481 g/mol. The smallest absolute Gasteiger partial charge is 0.253 e. The molecule has 0 aliphatic carbocycles. The van der Waals surface area contributed by atoms with Crippen LogP contribution in [0.4, 0.5) is 11.4 Å². The summed E-state index contributed by atoms with van der Waals surface area (Å²) >= 11 is 7.50. The van der Waals surface area contributed by atoms with E-state index < -0.39 is 0 Å². The van der Waals surface area contributed by atoms with E-state index in [9.17, 15) is 9.59 Å². The number of hydrogen-bond acceptors (Lipinski definition) is 5. The lowest BCUT2D eigenvalue weighted by molar-refractivity contribution is -0.125. The van der Waals surface area contributed by atoms with Crippen LogP contribution >= 0.6 is 22.9 Å². The SMILES string of the molecule is Cc1cc(NC(=O)Cc2ccc3nc(-c4ccc(Cl)s4)[nH]c3c2)ccc1N1CCOCC1=O. The fourth-order valence-electron chi connectivity index (χ4n) is 3.92. The molecule has 4 aromatic rings. The molecule has 0 unspecified atom stereocenters. The highest BCUT2D eigenvalue weighted by Gasteiger charge is 2.21. The summed E-state index contributed by atoms with van der Waals surface area (Å²) < 4.78 is 5.91. The lowest BCUT2D eigenvalue weighted by Crippen LogP contribution is -2.42. The number of rotatable bonds is 5. The monoisotopic (exact) mass is 480 g/mol. The van der Waals surface area contributed by atoms with Crippen LogP contribution in [0, 0.1) is 6.92 Å². The van der Waals surface area contributed by atoms with Crippen molar-refractivity contribution in [2.45, 2.75) is 13.3 Å². The molecule has 168 valence electrons. The first kappa shape index (κ1) is 21.6. The number of fused-ring (bicyclic) bond motifs is 1. The molecule has 5 rings (SSSR count). The van der Waals surface area contributed by atoms with Crippen LogP contribution in [0.1, 0.15) is 11.1 Å². The van der Waals surface area contributed by atoms with E-state index in [1.807, 2.05) is 55.5 Å². The van der Waals surface area contributed by atoms with Crippen LogP contribution in [0.3, 0.4) is 0 Å². The van der Waals surface area contributed by atoms with Crippen LogP contribution in [0.2, 0.25) is 4.34 Å². The van der Waals surface area contributed by atoms with Gasteiger partial charge in [-0.25, -0.2) is 4.98 Å². The minimum atomic E-state index is -0.117. The highest BCUT2D eigenvalue weighted by Crippen LogP contribution is 2.31. The Morgan fingerprint density at radius 1 is 1.24 bits per heavy atom. The molecule has 1 aliphatic rings. The maximum absolute atomic E-state index is 12.7. The summed E-state index contributed by atoms with van der Waals surface area (Å²) in [6.07, 6.45) is 0.234. The minimum Gasteiger partial charge on any atom is -0.370 e. The maximum atomic E-state index is 12.7. The van der Waals surface area contributed by atoms with E-state index in [4.69, 9.17) is 16.3 Å². The van der Waals surface area contributed by atoms with Crippen LogP contribution in [0.25, 0.3) is 21.7 Å². The number of halogens is 1. The lowest BCUT2D eigenvalue weighted by atomic mass is 10.1. The second-order valence-corrected chi connectivity index (χ2v) is 9.58. The molecular formula is C24H21ClN4O3S. The number of aryl methyl sites for hydroxylation is 1. The molecule has 7 nitrogen and oxygen atoms in total. The molecule has 0 saturated carbocycles. The highest BCUT2D eigenvalue weighted by molar-refractivity contribution is 7.19. The van der Waals surface area contributed by atoms with Crippen LogP contribution in [0.5, 0.6) is 0 Å². The number of anilines is 2. The molecule has 1 saturated heterocycles. The van der Waals surface area contributed by atoms with E-state index in [0.29, 0.717) is 23.2 Å². The molecule has 9 heteroatoms. The van der Waals surface area contributed by atoms with Gasteiger partial charge < -0.3 is 19.9 Å². The Labute approximate surface area is 199 Å². The van der Waals surface area contributed by atoms with Gasteiger partial charge in [0.05, 0.1) is 33.3 Å². The number of amides is 2. The molecule has 33 heavy (non-hydrogen) atoms. The number of aromatic amines is 1. The summed E-state index contributed by atoms with van der Waals surface area (Å²) in [5, 5.41) is 2.95. The number of carbonyl (C=O) groups excluding carboxylic acids is 2. The molecule has 2 aromatic carbocycles. The van der Waals surface area contributed by atoms with Crippen LogP contribution in [-0.2, 0) is 20.7 Å². The zero-order valence-electron chi connectivity index (χ0n) is 17.9. The van der Waals surface area contributed by atoms with E-state index in [1.165, 1.54) is 11.3 Å². The zero-order valence-corrected chi connectivity index (χ0v) is 19.4. The van der Waals surface area contributed by atoms with Gasteiger partial charge in [0, 0.05) is 17.9 Å². The number of nitrogens with zero attached hydrogens (tertiary/aromatic N) is 2. The van der Waals surface area contributed by atoms with Crippen LogP contribution in [-0.4, -0.2) is 41.5 Å². The minimum absolute atomic E-state index is 0.0549. The number of H-pyrrole nitrogens is 1. The Bertz CT molecular complexity index is 1360. The fourth-order valence-corrected chi connectivity index (χ4v) is 4.91. The quantitative estimate of drug-likeness (QED) is 0.429. The third-order valence-electron chi connectivity index (χ3n) is 5.47. The molecule has 3 heterocycles. The van der Waals surface area contributed by atoms with Gasteiger partial charge in [0.1, 0.15) is 12.4 Å². The van der Waals surface area contributed by atoms with Gasteiger partial charge in [0.25, 0.3) is 5.91 Å². The Morgan fingerprint density at radius 2 is 2.12 bits per heavy atom. The number of nitrogens with one attached hydrogen (secondary N) is 2. The van der Waals surface area contributed by atoms with Crippen molar-refractivity contribution >= 4 is 57.2 Å². The Kier molecular flexibility index (Phi) is 5.88. The van der Waals surface area contributed by atoms with Gasteiger partial charge >= 0.3 is 0 Å². The van der Waals surface area contributed by atoms with E-state index >= 15 is 0 Å². The first-order valence-corrected chi connectivity index (χ1v) is 11.7. The van der Waals surface area contributed by atoms with Gasteiger partial charge in [0.15, 0.2) is 0 Å². The molecule has 2 N–H and O–H groups in total. The average Bonchev–Trinajstić information content (AvgIpc) is 3.40. The van der Waals surface area contributed by atoms with Gasteiger partial charge in [-0.05, 0) is 60.5 Å². The summed E-state index contributed by atoms with van der Waals surface area (Å²) in [6, 6.07) is 15.1. The Hall–Kier alpha value is -3.20. The zero-order chi connectivity index (χ0) is 22.9. The molecule has 0 atom stereocenters. The van der Waals surface area contributed by atoms with Crippen molar-refractivity contribution in [1.29, 1.82) is 0 Å². The first-order valence-electron chi connectivity index (χ1n) is 10.5. The number of ether oxygens (including phenoxy) is 1. The van der Waals surface area contributed by atoms with Crippen molar-refractivity contribution in [2.24, 2.45) is 0 Å². The van der Waals surface area contributed by atoms with Crippen molar-refractivity contribution in [3.63, 3.8) is 0 Å². The summed E-state index contributed by atoms with van der Waals surface area (Å²) in [6.45, 7) is 3.08. The summed E-state index contributed by atoms with van der Waals surface area (Å²) in [7, 11) is 0. The standard InChI is InChI=1S/C24H21ClN4O3S/c1-14-10-16(3-5-19(14)29-8-9-32-13-23(29)31)26-22(30)12-15-2-4-17-18(11-15)28-24(27-17)20-6-7-21(25)33-20/h2-7,10-11H,8-9,12-13H2,1H3,(H,26,30)(H,27,28). The molecule has 0 radical (unpaired) electrons. The summed E-state index contributed by atoms with van der Waals surface area (Å²) in [5.74, 6) is 0.590. The normalized spacial score (nSPS) is 14.1. The molecular weight excluding hydrogens is 460 g/mol. The maximum Gasteiger partial charge on any atom is 0.253 e. The number of morpholine rings is 1. The predicted octanol–water partition coefficient (Wildman–Crippen LogP) is 4.80. The fraction of sp³-hybridized carbons (Fsp3) is 0.208. The summed E-state index contributed by atoms with van der Waals surface area (Å²) in [5.41, 5.74) is 5.04. The lowest BCUT2D eigenvalue weighted by Gasteiger charge is -2.28. The topological polar surface area (TPSA) is 87.3 Å². The number of hydrogen-bond donors (Lipinski definition) is 2. The number of carbonyl (C=O) groups is 2. The second kappa shape index (κ2) is 8.97. The van der Waals surface area contributed by atoms with Crippen molar-refractivity contribution in [3.8, 4) is 10.7 Å². The molecule has 0 bridgehead atoms. The molecule has 1 fully saturated rings. The summed E-state index contributed by atoms with van der Waals surface area (Å²) in [4.78, 5) is 35.4. The van der Waals surface area contributed by atoms with Gasteiger partial charge in [-0.3, -0.25) is 9.59 Å². The van der Waals surface area contributed by atoms with Crippen molar-refractivity contribution < 1.29 is 14.3 Å². The van der Waals surface area contributed by atoms with Crippen molar-refractivity contribution in [3.05, 3.63) is 64.0 Å². The number of imidazole rings is 1. The second-order valence-electron chi connectivity index (χ2n) is 7.86. The molecule has 0 spiro atoms. The van der Waals surface area contributed by atoms with Crippen molar-refractivity contribution in [2.75, 3.05) is 30.0 Å². The first-order chi connectivity index (χ1) is 16.0. The highest BCUT2D eigenvalue weighted by atomic mass is 35.5.